The highest BCUT2D eigenvalue weighted by atomic mass is 19.4. The van der Waals surface area contributed by atoms with E-state index < -0.39 is 17.3 Å². The summed E-state index contributed by atoms with van der Waals surface area (Å²) in [4.78, 5) is 13.9. The van der Waals surface area contributed by atoms with Crippen LogP contribution in [0.4, 0.5) is 13.2 Å². The van der Waals surface area contributed by atoms with Crippen LogP contribution in [0, 0.1) is 0 Å². The number of ether oxygens (including phenoxy) is 1. The standard InChI is InChI=1S/C13H12F3NO2/c1-7(2)19-8-3-4-10-9(5-8)11(18)6-12(17-10)13(14,15)16/h3-7H,1-2H3,(H,17,18). The van der Waals surface area contributed by atoms with Crippen LogP contribution >= 0.6 is 0 Å². The van der Waals surface area contributed by atoms with Crippen LogP contribution in [0.1, 0.15) is 19.5 Å². The third-order valence-corrected chi connectivity index (χ3v) is 2.48. The van der Waals surface area contributed by atoms with Crippen molar-refractivity contribution < 1.29 is 17.9 Å². The Hall–Kier alpha value is -1.98. The van der Waals surface area contributed by atoms with E-state index in [2.05, 4.69) is 4.98 Å². The summed E-state index contributed by atoms with van der Waals surface area (Å²) in [6.45, 7) is 3.64. The van der Waals surface area contributed by atoms with Crippen LogP contribution in [0.15, 0.2) is 29.1 Å². The van der Waals surface area contributed by atoms with Gasteiger partial charge in [0.1, 0.15) is 11.4 Å². The third kappa shape index (κ3) is 2.89. The molecule has 0 spiro atoms. The lowest BCUT2D eigenvalue weighted by Gasteiger charge is -2.11. The Balaban J connectivity index is 2.57. The first-order valence-electron chi connectivity index (χ1n) is 5.68. The fourth-order valence-electron chi connectivity index (χ4n) is 1.72. The van der Waals surface area contributed by atoms with Gasteiger partial charge in [-0.1, -0.05) is 0 Å². The number of pyridine rings is 1. The number of rotatable bonds is 2. The summed E-state index contributed by atoms with van der Waals surface area (Å²) in [6, 6.07) is 4.93. The molecule has 1 N–H and O–H groups in total. The predicted molar refractivity (Wildman–Crippen MR) is 65.3 cm³/mol. The average molecular weight is 271 g/mol. The highest BCUT2D eigenvalue weighted by Gasteiger charge is 2.32. The SMILES string of the molecule is CC(C)Oc1ccc2[nH]c(C(F)(F)F)cc(=O)c2c1. The number of aromatic nitrogens is 1. The van der Waals surface area contributed by atoms with Gasteiger partial charge < -0.3 is 9.72 Å². The number of halogens is 3. The molecule has 19 heavy (non-hydrogen) atoms. The number of benzene rings is 1. The van der Waals surface area contributed by atoms with Gasteiger partial charge >= 0.3 is 6.18 Å². The summed E-state index contributed by atoms with van der Waals surface area (Å²) in [5.74, 6) is 0.452. The van der Waals surface area contributed by atoms with Gasteiger partial charge in [-0.25, -0.2) is 0 Å². The lowest BCUT2D eigenvalue weighted by Crippen LogP contribution is -2.14. The number of H-pyrrole nitrogens is 1. The van der Waals surface area contributed by atoms with Crippen LogP contribution in [0.2, 0.25) is 0 Å². The van der Waals surface area contributed by atoms with Gasteiger partial charge in [-0.2, -0.15) is 13.2 Å². The molecule has 0 fully saturated rings. The van der Waals surface area contributed by atoms with Gasteiger partial charge in [0.25, 0.3) is 0 Å². The summed E-state index contributed by atoms with van der Waals surface area (Å²) in [5.41, 5.74) is -1.60. The zero-order chi connectivity index (χ0) is 14.2. The van der Waals surface area contributed by atoms with E-state index in [0.29, 0.717) is 11.8 Å². The van der Waals surface area contributed by atoms with Crippen molar-refractivity contribution in [2.24, 2.45) is 0 Å². The van der Waals surface area contributed by atoms with E-state index in [1.165, 1.54) is 18.2 Å². The lowest BCUT2D eigenvalue weighted by molar-refractivity contribution is -0.141. The summed E-state index contributed by atoms with van der Waals surface area (Å²) in [7, 11) is 0. The molecule has 1 aromatic carbocycles. The van der Waals surface area contributed by atoms with Crippen molar-refractivity contribution in [1.29, 1.82) is 0 Å². The van der Waals surface area contributed by atoms with Crippen LogP contribution in [0.3, 0.4) is 0 Å². The Morgan fingerprint density at radius 1 is 1.21 bits per heavy atom. The monoisotopic (exact) mass is 271 g/mol. The fourth-order valence-corrected chi connectivity index (χ4v) is 1.72. The maximum absolute atomic E-state index is 12.6. The van der Waals surface area contributed by atoms with Crippen molar-refractivity contribution in [3.8, 4) is 5.75 Å². The summed E-state index contributed by atoms with van der Waals surface area (Å²) < 4.78 is 43.1. The maximum Gasteiger partial charge on any atom is 0.431 e. The van der Waals surface area contributed by atoms with E-state index in [-0.39, 0.29) is 17.0 Å². The number of nitrogens with one attached hydrogen (secondary N) is 1. The Labute approximate surface area is 107 Å². The number of alkyl halides is 3. The minimum atomic E-state index is -4.57. The number of fused-ring (bicyclic) bond motifs is 1. The van der Waals surface area contributed by atoms with Gasteiger partial charge in [-0.05, 0) is 32.0 Å². The molecule has 0 unspecified atom stereocenters. The minimum Gasteiger partial charge on any atom is -0.491 e. The molecule has 0 aliphatic carbocycles. The van der Waals surface area contributed by atoms with Crippen molar-refractivity contribution in [2.45, 2.75) is 26.1 Å². The van der Waals surface area contributed by atoms with Gasteiger partial charge in [0, 0.05) is 17.0 Å². The molecule has 6 heteroatoms. The van der Waals surface area contributed by atoms with Gasteiger partial charge in [-0.3, -0.25) is 4.79 Å². The lowest BCUT2D eigenvalue weighted by atomic mass is 10.2. The van der Waals surface area contributed by atoms with Gasteiger partial charge in [0.05, 0.1) is 6.10 Å². The quantitative estimate of drug-likeness (QED) is 0.910. The van der Waals surface area contributed by atoms with Crippen LogP contribution in [-0.2, 0) is 6.18 Å². The second-order valence-electron chi connectivity index (χ2n) is 4.42. The van der Waals surface area contributed by atoms with Crippen molar-refractivity contribution >= 4 is 10.9 Å². The Bertz CT molecular complexity index is 659. The van der Waals surface area contributed by atoms with E-state index in [4.69, 9.17) is 4.74 Å². The molecule has 0 saturated carbocycles. The zero-order valence-electron chi connectivity index (χ0n) is 10.3. The highest BCUT2D eigenvalue weighted by Crippen LogP contribution is 2.28. The molecule has 2 aromatic rings. The van der Waals surface area contributed by atoms with Crippen molar-refractivity contribution in [2.75, 3.05) is 0 Å². The van der Waals surface area contributed by atoms with Gasteiger partial charge in [0.15, 0.2) is 5.43 Å². The van der Waals surface area contributed by atoms with Crippen molar-refractivity contribution in [3.63, 3.8) is 0 Å². The zero-order valence-corrected chi connectivity index (χ0v) is 10.3. The molecule has 3 nitrogen and oxygen atoms in total. The predicted octanol–water partition coefficient (Wildman–Crippen LogP) is 3.33. The van der Waals surface area contributed by atoms with Crippen LogP contribution in [0.25, 0.3) is 10.9 Å². The third-order valence-electron chi connectivity index (χ3n) is 2.48. The summed E-state index contributed by atoms with van der Waals surface area (Å²) in [6.07, 6.45) is -4.65. The van der Waals surface area contributed by atoms with Crippen LogP contribution < -0.4 is 10.2 Å². The largest absolute Gasteiger partial charge is 0.491 e. The van der Waals surface area contributed by atoms with E-state index in [0.717, 1.165) is 0 Å². The van der Waals surface area contributed by atoms with Gasteiger partial charge in [-0.15, -0.1) is 0 Å². The molecular formula is C13H12F3NO2. The fraction of sp³-hybridized carbons (Fsp3) is 0.308. The molecule has 0 amide bonds. The molecule has 1 aromatic heterocycles. The second-order valence-corrected chi connectivity index (χ2v) is 4.42. The second kappa shape index (κ2) is 4.60. The average Bonchev–Trinajstić information content (AvgIpc) is 2.27. The molecule has 2 rings (SSSR count). The number of hydrogen-bond donors (Lipinski definition) is 1. The molecule has 0 saturated heterocycles. The first-order valence-corrected chi connectivity index (χ1v) is 5.68. The molecule has 0 aliphatic heterocycles. The number of hydrogen-bond acceptors (Lipinski definition) is 2. The summed E-state index contributed by atoms with van der Waals surface area (Å²) in [5, 5.41) is 0.172. The molecular weight excluding hydrogens is 259 g/mol. The highest BCUT2D eigenvalue weighted by molar-refractivity contribution is 5.80. The van der Waals surface area contributed by atoms with E-state index >= 15 is 0 Å². The Morgan fingerprint density at radius 2 is 1.89 bits per heavy atom. The molecule has 0 atom stereocenters. The normalized spacial score (nSPS) is 12.1. The molecule has 1 heterocycles. The molecule has 0 bridgehead atoms. The van der Waals surface area contributed by atoms with Crippen molar-refractivity contribution in [1.82, 2.24) is 4.98 Å². The maximum atomic E-state index is 12.6. The van der Waals surface area contributed by atoms with E-state index in [9.17, 15) is 18.0 Å². The molecule has 0 aliphatic rings. The molecule has 102 valence electrons. The van der Waals surface area contributed by atoms with Gasteiger partial charge in [0.2, 0.25) is 0 Å². The first kappa shape index (κ1) is 13.5. The van der Waals surface area contributed by atoms with E-state index in [1.807, 2.05) is 13.8 Å². The van der Waals surface area contributed by atoms with Crippen LogP contribution in [0.5, 0.6) is 5.75 Å². The van der Waals surface area contributed by atoms with Crippen molar-refractivity contribution in [3.05, 3.63) is 40.2 Å². The Kier molecular flexibility index (Phi) is 3.26. The topological polar surface area (TPSA) is 42.1 Å². The Morgan fingerprint density at radius 3 is 2.47 bits per heavy atom. The van der Waals surface area contributed by atoms with Crippen LogP contribution in [-0.4, -0.2) is 11.1 Å². The van der Waals surface area contributed by atoms with E-state index in [1.54, 1.807) is 0 Å². The smallest absolute Gasteiger partial charge is 0.431 e. The molecule has 0 radical (unpaired) electrons. The minimum absolute atomic E-state index is 0.0778. The number of aromatic amines is 1. The summed E-state index contributed by atoms with van der Waals surface area (Å²) >= 11 is 0. The first-order chi connectivity index (χ1) is 8.77.